The second-order valence-corrected chi connectivity index (χ2v) is 10.8. The normalized spacial score (nSPS) is 12.4. The van der Waals surface area contributed by atoms with Crippen molar-refractivity contribution in [3.63, 3.8) is 0 Å². The van der Waals surface area contributed by atoms with E-state index in [1.165, 1.54) is 11.9 Å². The number of nitrogens with one attached hydrogen (secondary N) is 1. The summed E-state index contributed by atoms with van der Waals surface area (Å²) >= 11 is 0. The topological polar surface area (TPSA) is 96.0 Å². The number of methoxy groups -OCH3 is 1. The molecule has 0 aliphatic carbocycles. The van der Waals surface area contributed by atoms with Crippen molar-refractivity contribution in [2.75, 3.05) is 33.5 Å². The summed E-state index contributed by atoms with van der Waals surface area (Å²) in [5.41, 5.74) is 1.70. The van der Waals surface area contributed by atoms with Gasteiger partial charge in [0.15, 0.2) is 0 Å². The fourth-order valence-electron chi connectivity index (χ4n) is 3.30. The van der Waals surface area contributed by atoms with Crippen molar-refractivity contribution in [3.8, 4) is 5.75 Å². The van der Waals surface area contributed by atoms with Gasteiger partial charge in [-0.25, -0.2) is 8.42 Å². The number of hydrogen-bond acceptors (Lipinski definition) is 5. The van der Waals surface area contributed by atoms with Gasteiger partial charge < -0.3 is 15.0 Å². The number of sulfonamides is 1. The lowest BCUT2D eigenvalue weighted by Crippen LogP contribution is -2.53. The fourth-order valence-corrected chi connectivity index (χ4v) is 3.65. The van der Waals surface area contributed by atoms with E-state index in [1.807, 2.05) is 56.3 Å². The lowest BCUT2D eigenvalue weighted by atomic mass is 10.0. The quantitative estimate of drug-likeness (QED) is 0.494. The summed E-state index contributed by atoms with van der Waals surface area (Å²) in [6.07, 6.45) is 1.35. The van der Waals surface area contributed by atoms with Crippen LogP contribution >= 0.6 is 0 Å². The van der Waals surface area contributed by atoms with E-state index in [9.17, 15) is 18.0 Å². The summed E-state index contributed by atoms with van der Waals surface area (Å²) < 4.78 is 30.1. The lowest BCUT2D eigenvalue weighted by Gasteiger charge is -2.32. The van der Waals surface area contributed by atoms with Crippen LogP contribution in [-0.2, 0) is 32.6 Å². The molecular weight excluding hydrogens is 454 g/mol. The van der Waals surface area contributed by atoms with E-state index in [2.05, 4.69) is 5.32 Å². The van der Waals surface area contributed by atoms with Crippen molar-refractivity contribution in [1.29, 1.82) is 0 Å². The molecule has 186 valence electrons. The minimum Gasteiger partial charge on any atom is -0.497 e. The summed E-state index contributed by atoms with van der Waals surface area (Å²) in [6, 6.07) is 15.9. The molecule has 0 unspecified atom stereocenters. The molecule has 0 aromatic heterocycles. The first-order valence-corrected chi connectivity index (χ1v) is 13.0. The molecule has 2 aromatic carbocycles. The van der Waals surface area contributed by atoms with Crippen LogP contribution in [0.25, 0.3) is 0 Å². The van der Waals surface area contributed by atoms with Gasteiger partial charge in [0.1, 0.15) is 11.8 Å². The highest BCUT2D eigenvalue weighted by molar-refractivity contribution is 7.88. The second kappa shape index (κ2) is 12.5. The number of nitrogens with zero attached hydrogens (tertiary/aromatic N) is 2. The van der Waals surface area contributed by atoms with E-state index in [-0.39, 0.29) is 24.9 Å². The number of carbonyl (C=O) groups excluding carboxylic acids is 2. The van der Waals surface area contributed by atoms with Crippen molar-refractivity contribution in [2.45, 2.75) is 32.9 Å². The van der Waals surface area contributed by atoms with E-state index in [1.54, 1.807) is 19.2 Å². The van der Waals surface area contributed by atoms with Gasteiger partial charge in [0, 0.05) is 26.6 Å². The van der Waals surface area contributed by atoms with E-state index < -0.39 is 22.0 Å². The molecule has 2 aromatic rings. The molecule has 9 heteroatoms. The van der Waals surface area contributed by atoms with Gasteiger partial charge in [0.2, 0.25) is 21.8 Å². The number of likely N-dealkylation sites (N-methyl/N-ethyl adjacent to an activating group) is 1. The smallest absolute Gasteiger partial charge is 0.243 e. The highest BCUT2D eigenvalue weighted by atomic mass is 32.2. The first kappa shape index (κ1) is 27.3. The number of ether oxygens (including phenoxy) is 1. The predicted octanol–water partition coefficient (Wildman–Crippen LogP) is 2.30. The Morgan fingerprint density at radius 1 is 1.00 bits per heavy atom. The molecule has 0 aliphatic heterocycles. The third kappa shape index (κ3) is 8.46. The SMILES string of the molecule is COc1ccc(CN(C(=O)CN(C)S(C)(=O)=O)[C@@H](Cc2ccccc2)C(=O)NCC(C)C)cc1. The van der Waals surface area contributed by atoms with E-state index >= 15 is 0 Å². The van der Waals surface area contributed by atoms with Gasteiger partial charge in [-0.1, -0.05) is 56.3 Å². The predicted molar refractivity (Wildman–Crippen MR) is 133 cm³/mol. The Labute approximate surface area is 202 Å². The second-order valence-electron chi connectivity index (χ2n) is 8.73. The molecule has 1 atom stereocenters. The molecule has 0 bridgehead atoms. The van der Waals surface area contributed by atoms with Gasteiger partial charge in [-0.3, -0.25) is 9.59 Å². The Morgan fingerprint density at radius 2 is 1.62 bits per heavy atom. The van der Waals surface area contributed by atoms with Crippen LogP contribution in [0.2, 0.25) is 0 Å². The monoisotopic (exact) mass is 489 g/mol. The Balaban J connectivity index is 2.43. The van der Waals surface area contributed by atoms with Gasteiger partial charge in [-0.15, -0.1) is 0 Å². The van der Waals surface area contributed by atoms with Crippen LogP contribution < -0.4 is 10.1 Å². The first-order valence-electron chi connectivity index (χ1n) is 11.2. The fraction of sp³-hybridized carbons (Fsp3) is 0.440. The van der Waals surface area contributed by atoms with Crippen LogP contribution in [0.15, 0.2) is 54.6 Å². The van der Waals surface area contributed by atoms with Crippen molar-refractivity contribution >= 4 is 21.8 Å². The van der Waals surface area contributed by atoms with Crippen LogP contribution in [0.4, 0.5) is 0 Å². The van der Waals surface area contributed by atoms with E-state index in [0.717, 1.165) is 21.7 Å². The Bertz CT molecular complexity index is 1040. The standard InChI is InChI=1S/C25H35N3O5S/c1-19(2)16-26-25(30)23(15-20-9-7-6-8-10-20)28(24(29)18-27(3)34(5,31)32)17-21-11-13-22(33-4)14-12-21/h6-14,19,23H,15-18H2,1-5H3,(H,26,30)/t23-/m0/s1. The van der Waals surface area contributed by atoms with Gasteiger partial charge in [-0.05, 0) is 29.2 Å². The van der Waals surface area contributed by atoms with Gasteiger partial charge in [0.25, 0.3) is 0 Å². The molecule has 0 heterocycles. The molecule has 0 fully saturated rings. The molecule has 1 N–H and O–H groups in total. The molecule has 8 nitrogen and oxygen atoms in total. The van der Waals surface area contributed by atoms with E-state index in [0.29, 0.717) is 18.7 Å². The van der Waals surface area contributed by atoms with Gasteiger partial charge >= 0.3 is 0 Å². The van der Waals surface area contributed by atoms with Crippen LogP contribution in [0.1, 0.15) is 25.0 Å². The van der Waals surface area contributed by atoms with Crippen LogP contribution in [0.5, 0.6) is 5.75 Å². The summed E-state index contributed by atoms with van der Waals surface area (Å²) in [4.78, 5) is 28.2. The number of rotatable bonds is 12. The summed E-state index contributed by atoms with van der Waals surface area (Å²) in [5, 5.41) is 2.94. The maximum atomic E-state index is 13.4. The molecule has 0 saturated heterocycles. The number of carbonyl (C=O) groups is 2. The minimum absolute atomic E-state index is 0.146. The molecule has 0 saturated carbocycles. The minimum atomic E-state index is -3.57. The third-order valence-electron chi connectivity index (χ3n) is 5.39. The zero-order valence-corrected chi connectivity index (χ0v) is 21.3. The summed E-state index contributed by atoms with van der Waals surface area (Å²) in [5.74, 6) is 0.183. The average molecular weight is 490 g/mol. The van der Waals surface area contributed by atoms with Crippen molar-refractivity contribution in [3.05, 3.63) is 65.7 Å². The van der Waals surface area contributed by atoms with Crippen molar-refractivity contribution in [1.82, 2.24) is 14.5 Å². The number of amides is 2. The Kier molecular flexibility index (Phi) is 10.1. The zero-order valence-electron chi connectivity index (χ0n) is 20.5. The van der Waals surface area contributed by atoms with Crippen LogP contribution in [-0.4, -0.2) is 69.0 Å². The molecule has 2 rings (SSSR count). The number of hydrogen-bond donors (Lipinski definition) is 1. The molecule has 2 amide bonds. The third-order valence-corrected chi connectivity index (χ3v) is 6.65. The highest BCUT2D eigenvalue weighted by Crippen LogP contribution is 2.18. The first-order chi connectivity index (χ1) is 16.0. The van der Waals surface area contributed by atoms with Gasteiger partial charge in [-0.2, -0.15) is 4.31 Å². The maximum absolute atomic E-state index is 13.4. The summed E-state index contributed by atoms with van der Waals surface area (Å²) in [7, 11) is -0.650. The van der Waals surface area contributed by atoms with Crippen LogP contribution in [0, 0.1) is 5.92 Å². The number of benzene rings is 2. The molecule has 0 radical (unpaired) electrons. The molecule has 0 aliphatic rings. The Hall–Kier alpha value is -2.91. The van der Waals surface area contributed by atoms with Crippen molar-refractivity contribution < 1.29 is 22.7 Å². The largest absolute Gasteiger partial charge is 0.497 e. The maximum Gasteiger partial charge on any atom is 0.243 e. The summed E-state index contributed by atoms with van der Waals surface area (Å²) in [6.45, 7) is 4.24. The Morgan fingerprint density at radius 3 is 2.15 bits per heavy atom. The zero-order chi connectivity index (χ0) is 25.3. The van der Waals surface area contributed by atoms with Crippen molar-refractivity contribution in [2.24, 2.45) is 5.92 Å². The molecular formula is C25H35N3O5S. The average Bonchev–Trinajstić information content (AvgIpc) is 2.80. The lowest BCUT2D eigenvalue weighted by molar-refractivity contribution is -0.141. The van der Waals surface area contributed by atoms with Crippen LogP contribution in [0.3, 0.4) is 0 Å². The van der Waals surface area contributed by atoms with Gasteiger partial charge in [0.05, 0.1) is 19.9 Å². The van der Waals surface area contributed by atoms with E-state index in [4.69, 9.17) is 4.74 Å². The highest BCUT2D eigenvalue weighted by Gasteiger charge is 2.31. The molecule has 34 heavy (non-hydrogen) atoms. The molecule has 0 spiro atoms.